The highest BCUT2D eigenvalue weighted by Crippen LogP contribution is 2.35. The van der Waals surface area contributed by atoms with Crippen molar-refractivity contribution in [2.45, 2.75) is 6.42 Å². The highest BCUT2D eigenvalue weighted by molar-refractivity contribution is 6.01. The van der Waals surface area contributed by atoms with Gasteiger partial charge in [-0.25, -0.2) is 8.78 Å². The van der Waals surface area contributed by atoms with Gasteiger partial charge in [-0.1, -0.05) is 0 Å². The smallest absolute Gasteiger partial charge is 0.227 e. The summed E-state index contributed by atoms with van der Waals surface area (Å²) >= 11 is 0. The molecule has 0 spiro atoms. The monoisotopic (exact) mass is 270 g/mol. The van der Waals surface area contributed by atoms with Crippen LogP contribution in [0.3, 0.4) is 0 Å². The van der Waals surface area contributed by atoms with Gasteiger partial charge in [0.05, 0.1) is 18.7 Å². The predicted molar refractivity (Wildman–Crippen MR) is 62.6 cm³/mol. The van der Waals surface area contributed by atoms with Crippen LogP contribution in [-0.4, -0.2) is 25.5 Å². The van der Waals surface area contributed by atoms with Gasteiger partial charge in [-0.3, -0.25) is 9.59 Å². The maximum Gasteiger partial charge on any atom is 0.227 e. The number of anilines is 1. The molecule has 0 aromatic heterocycles. The summed E-state index contributed by atoms with van der Waals surface area (Å²) in [5, 5.41) is 0. The van der Waals surface area contributed by atoms with E-state index in [0.717, 1.165) is 11.0 Å². The van der Waals surface area contributed by atoms with Crippen LogP contribution in [-0.2, 0) is 9.59 Å². The third-order valence-electron chi connectivity index (χ3n) is 3.01. The summed E-state index contributed by atoms with van der Waals surface area (Å²) in [6.45, 7) is -0.00653. The van der Waals surface area contributed by atoms with Crippen molar-refractivity contribution in [3.05, 3.63) is 23.8 Å². The molecule has 1 atom stereocenters. The molecule has 1 unspecified atom stereocenters. The highest BCUT2D eigenvalue weighted by Gasteiger charge is 2.36. The molecule has 1 heterocycles. The van der Waals surface area contributed by atoms with Gasteiger partial charge >= 0.3 is 0 Å². The van der Waals surface area contributed by atoms with E-state index < -0.39 is 29.4 Å². The first kappa shape index (κ1) is 13.3. The van der Waals surface area contributed by atoms with Crippen LogP contribution >= 0.6 is 0 Å². The van der Waals surface area contributed by atoms with E-state index in [4.69, 9.17) is 10.5 Å². The van der Waals surface area contributed by atoms with Gasteiger partial charge in [-0.05, 0) is 0 Å². The molecule has 0 radical (unpaired) electrons. The minimum atomic E-state index is -0.909. The normalized spacial score (nSPS) is 18.8. The second-order valence-electron chi connectivity index (χ2n) is 4.25. The Hall–Kier alpha value is -2.18. The van der Waals surface area contributed by atoms with Crippen LogP contribution in [0.1, 0.15) is 6.42 Å². The Kier molecular flexibility index (Phi) is 3.37. The van der Waals surface area contributed by atoms with E-state index in [0.29, 0.717) is 6.07 Å². The van der Waals surface area contributed by atoms with Gasteiger partial charge in [0.1, 0.15) is 5.82 Å². The first-order valence-electron chi connectivity index (χ1n) is 5.56. The molecule has 1 saturated heterocycles. The topological polar surface area (TPSA) is 72.6 Å². The standard InChI is InChI=1S/C12H12F2N2O3/c1-19-11-8(14)3-7(13)4-9(11)16-5-6(12(15)18)2-10(16)17/h3-4,6H,2,5H2,1H3,(H2,15,18). The number of amides is 2. The van der Waals surface area contributed by atoms with Gasteiger partial charge in [0, 0.05) is 25.1 Å². The minimum Gasteiger partial charge on any atom is -0.492 e. The lowest BCUT2D eigenvalue weighted by Gasteiger charge is -2.19. The fourth-order valence-electron chi connectivity index (χ4n) is 2.08. The summed E-state index contributed by atoms with van der Waals surface area (Å²) < 4.78 is 31.6. The molecule has 1 aromatic rings. The van der Waals surface area contributed by atoms with Gasteiger partial charge < -0.3 is 15.4 Å². The SMILES string of the molecule is COc1c(F)cc(F)cc1N1CC(C(N)=O)CC1=O. The molecule has 1 fully saturated rings. The second-order valence-corrected chi connectivity index (χ2v) is 4.25. The van der Waals surface area contributed by atoms with Crippen molar-refractivity contribution in [3.8, 4) is 5.75 Å². The number of hydrogen-bond donors (Lipinski definition) is 1. The lowest BCUT2D eigenvalue weighted by molar-refractivity contribution is -0.123. The molecule has 1 aromatic carbocycles. The van der Waals surface area contributed by atoms with Gasteiger partial charge in [-0.15, -0.1) is 0 Å². The quantitative estimate of drug-likeness (QED) is 0.883. The number of methoxy groups -OCH3 is 1. The van der Waals surface area contributed by atoms with Gasteiger partial charge in [0.15, 0.2) is 11.6 Å². The van der Waals surface area contributed by atoms with Crippen LogP contribution in [0, 0.1) is 17.6 Å². The molecule has 0 bridgehead atoms. The Morgan fingerprint density at radius 3 is 2.68 bits per heavy atom. The van der Waals surface area contributed by atoms with E-state index in [1.807, 2.05) is 0 Å². The lowest BCUT2D eigenvalue weighted by atomic mass is 10.1. The van der Waals surface area contributed by atoms with Gasteiger partial charge in [0.25, 0.3) is 0 Å². The number of primary amides is 1. The van der Waals surface area contributed by atoms with Crippen LogP contribution in [0.4, 0.5) is 14.5 Å². The van der Waals surface area contributed by atoms with E-state index >= 15 is 0 Å². The van der Waals surface area contributed by atoms with Crippen LogP contribution < -0.4 is 15.4 Å². The predicted octanol–water partition coefficient (Wildman–Crippen LogP) is 0.812. The average molecular weight is 270 g/mol. The molecule has 0 saturated carbocycles. The molecular formula is C12H12F2N2O3. The van der Waals surface area contributed by atoms with Crippen LogP contribution in [0.2, 0.25) is 0 Å². The number of nitrogens with zero attached hydrogens (tertiary/aromatic N) is 1. The largest absolute Gasteiger partial charge is 0.492 e. The molecular weight excluding hydrogens is 258 g/mol. The summed E-state index contributed by atoms with van der Waals surface area (Å²) in [6, 6.07) is 1.65. The summed E-state index contributed by atoms with van der Waals surface area (Å²) in [6.07, 6.45) is -0.0728. The van der Waals surface area contributed by atoms with Crippen molar-refractivity contribution in [2.75, 3.05) is 18.6 Å². The van der Waals surface area contributed by atoms with Crippen LogP contribution in [0.15, 0.2) is 12.1 Å². The number of nitrogens with two attached hydrogens (primary N) is 1. The van der Waals surface area contributed by atoms with Crippen molar-refractivity contribution in [1.29, 1.82) is 0 Å². The maximum absolute atomic E-state index is 13.6. The maximum atomic E-state index is 13.6. The van der Waals surface area contributed by atoms with E-state index in [1.165, 1.54) is 7.11 Å². The summed E-state index contributed by atoms with van der Waals surface area (Å²) in [7, 11) is 1.21. The Labute approximate surface area is 107 Å². The number of rotatable bonds is 3. The molecule has 7 heteroatoms. The van der Waals surface area contributed by atoms with E-state index in [1.54, 1.807) is 0 Å². The third kappa shape index (κ3) is 2.35. The molecule has 0 aliphatic carbocycles. The summed E-state index contributed by atoms with van der Waals surface area (Å²) in [4.78, 5) is 24.0. The number of hydrogen-bond acceptors (Lipinski definition) is 3. The number of halogens is 2. The fraction of sp³-hybridized carbons (Fsp3) is 0.333. The zero-order valence-corrected chi connectivity index (χ0v) is 10.2. The van der Waals surface area contributed by atoms with E-state index in [2.05, 4.69) is 0 Å². The average Bonchev–Trinajstić information content (AvgIpc) is 2.70. The van der Waals surface area contributed by atoms with Crippen molar-refractivity contribution in [2.24, 2.45) is 11.7 Å². The molecule has 19 heavy (non-hydrogen) atoms. The zero-order valence-electron chi connectivity index (χ0n) is 10.2. The van der Waals surface area contributed by atoms with Crippen molar-refractivity contribution >= 4 is 17.5 Å². The van der Waals surface area contributed by atoms with E-state index in [-0.39, 0.29) is 24.4 Å². The van der Waals surface area contributed by atoms with Crippen molar-refractivity contribution < 1.29 is 23.1 Å². The number of carbonyl (C=O) groups excluding carboxylic acids is 2. The summed E-state index contributed by atoms with van der Waals surface area (Å²) in [5.41, 5.74) is 5.10. The second kappa shape index (κ2) is 4.83. The highest BCUT2D eigenvalue weighted by atomic mass is 19.1. The lowest BCUT2D eigenvalue weighted by Crippen LogP contribution is -2.28. The van der Waals surface area contributed by atoms with Gasteiger partial charge in [0.2, 0.25) is 11.8 Å². The Morgan fingerprint density at radius 2 is 2.16 bits per heavy atom. The number of ether oxygens (including phenoxy) is 1. The Morgan fingerprint density at radius 1 is 1.47 bits per heavy atom. The molecule has 2 N–H and O–H groups in total. The third-order valence-corrected chi connectivity index (χ3v) is 3.01. The molecule has 1 aliphatic rings. The molecule has 2 amide bonds. The fourth-order valence-corrected chi connectivity index (χ4v) is 2.08. The molecule has 5 nitrogen and oxygen atoms in total. The summed E-state index contributed by atoms with van der Waals surface area (Å²) in [5.74, 6) is -3.68. The Bertz CT molecular complexity index is 548. The van der Waals surface area contributed by atoms with Crippen molar-refractivity contribution in [3.63, 3.8) is 0 Å². The minimum absolute atomic E-state index is 0.00653. The molecule has 102 valence electrons. The molecule has 2 rings (SSSR count). The first-order chi connectivity index (χ1) is 8.93. The Balaban J connectivity index is 2.42. The van der Waals surface area contributed by atoms with Crippen LogP contribution in [0.25, 0.3) is 0 Å². The zero-order chi connectivity index (χ0) is 14.2. The number of carbonyl (C=O) groups is 2. The number of benzene rings is 1. The first-order valence-corrected chi connectivity index (χ1v) is 5.56. The molecule has 1 aliphatic heterocycles. The van der Waals surface area contributed by atoms with Crippen molar-refractivity contribution in [1.82, 2.24) is 0 Å². The van der Waals surface area contributed by atoms with Crippen LogP contribution in [0.5, 0.6) is 5.75 Å². The van der Waals surface area contributed by atoms with Gasteiger partial charge in [-0.2, -0.15) is 0 Å². The van der Waals surface area contributed by atoms with E-state index in [9.17, 15) is 18.4 Å².